The molecular formula is C35H37ClN5O7PS. The molecule has 15 heteroatoms. The Hall–Kier alpha value is -4.81. The molecule has 0 bridgehead atoms. The molecule has 2 amide bonds. The summed E-state index contributed by atoms with van der Waals surface area (Å²) in [5, 5.41) is 10.7. The number of hydrogen-bond acceptors (Lipinski definition) is 8. The van der Waals surface area contributed by atoms with Crippen molar-refractivity contribution < 1.29 is 32.1 Å². The van der Waals surface area contributed by atoms with Crippen LogP contribution in [0.1, 0.15) is 31.9 Å². The Kier molecular flexibility index (Phi) is 10.9. The van der Waals surface area contributed by atoms with Gasteiger partial charge in [0, 0.05) is 39.9 Å². The van der Waals surface area contributed by atoms with Crippen LogP contribution in [0.5, 0.6) is 17.2 Å². The lowest BCUT2D eigenvalue weighted by molar-refractivity contribution is 0.262. The Balaban J connectivity index is 1.37. The second-order valence-electron chi connectivity index (χ2n) is 12.4. The average Bonchev–Trinajstić information content (AvgIpc) is 3.02. The van der Waals surface area contributed by atoms with Crippen molar-refractivity contribution in [3.8, 4) is 17.2 Å². The maximum Gasteiger partial charge on any atom is 0.323 e. The molecule has 0 aliphatic heterocycles. The largest absolute Gasteiger partial charge is 0.492 e. The first-order valence-corrected chi connectivity index (χ1v) is 19.1. The van der Waals surface area contributed by atoms with E-state index in [1.165, 1.54) is 7.11 Å². The van der Waals surface area contributed by atoms with E-state index in [9.17, 15) is 22.7 Å². The number of aromatic nitrogens is 1. The van der Waals surface area contributed by atoms with E-state index in [-0.39, 0.29) is 28.7 Å². The van der Waals surface area contributed by atoms with Gasteiger partial charge in [-0.1, -0.05) is 62.7 Å². The number of hydrogen-bond donors (Lipinski definition) is 5. The number of urea groups is 1. The van der Waals surface area contributed by atoms with Crippen molar-refractivity contribution in [2.75, 3.05) is 34.0 Å². The van der Waals surface area contributed by atoms with E-state index in [1.807, 2.05) is 45.0 Å². The van der Waals surface area contributed by atoms with Crippen LogP contribution in [0.15, 0.2) is 85.1 Å². The highest BCUT2D eigenvalue weighted by Crippen LogP contribution is 2.40. The maximum absolute atomic E-state index is 13.4. The number of methoxy groups -OCH3 is 1. The van der Waals surface area contributed by atoms with Crippen LogP contribution in [0.3, 0.4) is 0 Å². The van der Waals surface area contributed by atoms with Gasteiger partial charge in [-0.05, 0) is 59.0 Å². The molecule has 50 heavy (non-hydrogen) atoms. The molecule has 1 unspecified atom stereocenters. The van der Waals surface area contributed by atoms with Gasteiger partial charge in [-0.25, -0.2) is 18.2 Å². The van der Waals surface area contributed by atoms with Crippen molar-refractivity contribution >= 4 is 75.0 Å². The number of amides is 2. The zero-order valence-electron chi connectivity index (χ0n) is 27.9. The Morgan fingerprint density at radius 2 is 1.64 bits per heavy atom. The van der Waals surface area contributed by atoms with Crippen LogP contribution in [0, 0.1) is 0 Å². The minimum Gasteiger partial charge on any atom is -0.492 e. The van der Waals surface area contributed by atoms with Gasteiger partial charge in [0.1, 0.15) is 17.3 Å². The molecular weight excluding hydrogens is 701 g/mol. The number of carbonyl (C=O) groups excluding carboxylic acids is 1. The minimum absolute atomic E-state index is 0.00418. The number of carbonyl (C=O) groups is 1. The standard InChI is InChI=1S/C35H37ClN5O7PS/c1-35(2,3)22-16-29(33(47-4)30(17-22)41-50(5,45)46)40-34(42)39-28-12-13-31(26-9-7-6-8-25(26)28)48-24-14-15-37-32(19-24)38-23-11-10-21(20-49(43)44)27(36)18-23/h6-19,41,49H,20H2,1-5H3,(H,37,38)(H,43,44)(H2,39,40,42). The van der Waals surface area contributed by atoms with Crippen LogP contribution in [0.4, 0.5) is 33.4 Å². The number of anilines is 5. The van der Waals surface area contributed by atoms with Gasteiger partial charge in [0.05, 0.1) is 30.4 Å². The number of ether oxygens (including phenoxy) is 2. The number of fused-ring (bicyclic) bond motifs is 1. The van der Waals surface area contributed by atoms with E-state index in [1.54, 1.807) is 60.8 Å². The van der Waals surface area contributed by atoms with Gasteiger partial charge >= 0.3 is 6.03 Å². The summed E-state index contributed by atoms with van der Waals surface area (Å²) in [6.07, 6.45) is 2.64. The van der Waals surface area contributed by atoms with Gasteiger partial charge < -0.3 is 30.3 Å². The SMILES string of the molecule is COc1c(NC(=O)Nc2ccc(Oc3ccnc(Nc4ccc(C[PH](=O)O)c(Cl)c4)c3)c3ccccc23)cc(C(C)(C)C)cc1NS(C)(=O)=O. The molecule has 0 fully saturated rings. The smallest absolute Gasteiger partial charge is 0.323 e. The fraction of sp³-hybridized carbons (Fsp3) is 0.200. The summed E-state index contributed by atoms with van der Waals surface area (Å²) in [6.45, 7) is 5.93. The van der Waals surface area contributed by atoms with Crippen molar-refractivity contribution in [1.82, 2.24) is 4.98 Å². The van der Waals surface area contributed by atoms with Gasteiger partial charge in [0.25, 0.3) is 0 Å². The normalized spacial score (nSPS) is 12.2. The van der Waals surface area contributed by atoms with Crippen molar-refractivity contribution in [2.24, 2.45) is 0 Å². The third kappa shape index (κ3) is 9.25. The lowest BCUT2D eigenvalue weighted by Crippen LogP contribution is -2.22. The zero-order chi connectivity index (χ0) is 36.2. The van der Waals surface area contributed by atoms with Crippen LogP contribution in [-0.2, 0) is 26.2 Å². The third-order valence-corrected chi connectivity index (χ3v) is 9.09. The monoisotopic (exact) mass is 737 g/mol. The highest BCUT2D eigenvalue weighted by atomic mass is 35.5. The van der Waals surface area contributed by atoms with Crippen LogP contribution in [0.2, 0.25) is 5.02 Å². The highest BCUT2D eigenvalue weighted by Gasteiger charge is 2.22. The molecule has 0 saturated heterocycles. The Labute approximate surface area is 296 Å². The Morgan fingerprint density at radius 1 is 0.940 bits per heavy atom. The lowest BCUT2D eigenvalue weighted by Gasteiger charge is -2.24. The number of pyridine rings is 1. The topological polar surface area (TPSA) is 168 Å². The van der Waals surface area contributed by atoms with E-state index in [0.717, 1.165) is 17.2 Å². The van der Waals surface area contributed by atoms with Gasteiger partial charge in [-0.3, -0.25) is 9.29 Å². The van der Waals surface area contributed by atoms with E-state index >= 15 is 0 Å². The van der Waals surface area contributed by atoms with Gasteiger partial charge in [-0.15, -0.1) is 0 Å². The van der Waals surface area contributed by atoms with Crippen molar-refractivity contribution in [2.45, 2.75) is 32.3 Å². The maximum atomic E-state index is 13.4. The first-order valence-electron chi connectivity index (χ1n) is 15.3. The molecule has 4 aromatic carbocycles. The number of benzene rings is 4. The summed E-state index contributed by atoms with van der Waals surface area (Å²) in [5.74, 6) is 1.68. The molecule has 1 atom stereocenters. The summed E-state index contributed by atoms with van der Waals surface area (Å²) in [7, 11) is -4.94. The first kappa shape index (κ1) is 36.5. The molecule has 1 heterocycles. The molecule has 0 aliphatic rings. The number of nitrogens with one attached hydrogen (secondary N) is 4. The Morgan fingerprint density at radius 3 is 2.30 bits per heavy atom. The van der Waals surface area contributed by atoms with Crippen LogP contribution < -0.4 is 30.1 Å². The predicted octanol–water partition coefficient (Wildman–Crippen LogP) is 8.71. The molecule has 0 saturated carbocycles. The fourth-order valence-corrected chi connectivity index (χ4v) is 6.69. The second kappa shape index (κ2) is 15.0. The molecule has 0 aliphatic carbocycles. The average molecular weight is 738 g/mol. The summed E-state index contributed by atoms with van der Waals surface area (Å²) in [6, 6.07) is 22.3. The summed E-state index contributed by atoms with van der Waals surface area (Å²) in [4.78, 5) is 27.0. The number of halogens is 1. The van der Waals surface area contributed by atoms with Crippen molar-refractivity contribution in [1.29, 1.82) is 0 Å². The summed E-state index contributed by atoms with van der Waals surface area (Å²) in [5.41, 5.74) is 2.64. The molecule has 1 aromatic heterocycles. The van der Waals surface area contributed by atoms with Crippen molar-refractivity contribution in [3.63, 3.8) is 0 Å². The molecule has 5 aromatic rings. The second-order valence-corrected chi connectivity index (χ2v) is 15.7. The van der Waals surface area contributed by atoms with Crippen LogP contribution in [-0.4, -0.2) is 37.7 Å². The van der Waals surface area contributed by atoms with E-state index in [0.29, 0.717) is 44.7 Å². The molecule has 5 rings (SSSR count). The lowest BCUT2D eigenvalue weighted by atomic mass is 9.86. The number of rotatable bonds is 11. The first-order chi connectivity index (χ1) is 23.6. The molecule has 12 nitrogen and oxygen atoms in total. The Bertz CT molecular complexity index is 2210. The van der Waals surface area contributed by atoms with Crippen molar-refractivity contribution in [3.05, 3.63) is 101 Å². The van der Waals surface area contributed by atoms with E-state index in [2.05, 4.69) is 25.7 Å². The number of nitrogens with zero attached hydrogens (tertiary/aromatic N) is 1. The zero-order valence-corrected chi connectivity index (χ0v) is 30.5. The van der Waals surface area contributed by atoms with Gasteiger partial charge in [0.15, 0.2) is 13.8 Å². The van der Waals surface area contributed by atoms with Gasteiger partial charge in [0.2, 0.25) is 10.0 Å². The molecule has 262 valence electrons. The minimum atomic E-state index is -3.64. The molecule has 0 spiro atoms. The predicted molar refractivity (Wildman–Crippen MR) is 201 cm³/mol. The van der Waals surface area contributed by atoms with E-state index < -0.39 is 24.1 Å². The van der Waals surface area contributed by atoms with Gasteiger partial charge in [-0.2, -0.15) is 0 Å². The van der Waals surface area contributed by atoms with Crippen LogP contribution in [0.25, 0.3) is 10.8 Å². The fourth-order valence-electron chi connectivity index (χ4n) is 5.14. The summed E-state index contributed by atoms with van der Waals surface area (Å²) < 4.78 is 49.8. The number of sulfonamides is 1. The molecule has 5 N–H and O–H groups in total. The highest BCUT2D eigenvalue weighted by molar-refractivity contribution is 7.92. The quantitative estimate of drug-likeness (QED) is 0.0833. The third-order valence-electron chi connectivity index (χ3n) is 7.46. The summed E-state index contributed by atoms with van der Waals surface area (Å²) >= 11 is 6.30. The molecule has 0 radical (unpaired) electrons. The van der Waals surface area contributed by atoms with E-state index in [4.69, 9.17) is 21.1 Å². The van der Waals surface area contributed by atoms with Crippen LogP contribution >= 0.6 is 19.6 Å².